The van der Waals surface area contributed by atoms with Gasteiger partial charge in [0.1, 0.15) is 19.7 Å². The maximum absolute atomic E-state index is 11.9. The quantitative estimate of drug-likeness (QED) is 0.0605. The smallest absolute Gasteiger partial charge is 0.322 e. The van der Waals surface area contributed by atoms with Crippen molar-refractivity contribution in [3.63, 3.8) is 0 Å². The van der Waals surface area contributed by atoms with Crippen LogP contribution in [0, 0.1) is 0 Å². The zero-order chi connectivity index (χ0) is 34.4. The minimum absolute atomic E-state index is 0.00570. The van der Waals surface area contributed by atoms with Crippen LogP contribution in [0.2, 0.25) is 5.02 Å². The molecule has 3 amide bonds. The molecule has 0 aliphatic heterocycles. The van der Waals surface area contributed by atoms with Crippen LogP contribution in [0.25, 0.3) is 0 Å². The Labute approximate surface area is 269 Å². The number of nitrogens with two attached hydrogens (primary N) is 4. The number of carbonyl (C=O) groups excluding carboxylic acids is 4. The summed E-state index contributed by atoms with van der Waals surface area (Å²) in [5.74, 6) is -2.49. The first kappa shape index (κ1) is 41.6. The van der Waals surface area contributed by atoms with E-state index in [-0.39, 0.29) is 50.4 Å². The lowest BCUT2D eigenvalue weighted by Crippen LogP contribution is -2.49. The molecule has 0 radical (unpaired) electrons. The van der Waals surface area contributed by atoms with Crippen LogP contribution < -0.4 is 39.1 Å². The van der Waals surface area contributed by atoms with Gasteiger partial charge in [0.05, 0.1) is 6.04 Å². The molecule has 0 saturated heterocycles. The molecular formula is C28H50ClN9O7. The Balaban J connectivity index is 0.000000862. The van der Waals surface area contributed by atoms with Crippen LogP contribution in [0.15, 0.2) is 24.3 Å². The fourth-order valence-electron chi connectivity index (χ4n) is 3.78. The van der Waals surface area contributed by atoms with Crippen molar-refractivity contribution < 1.29 is 33.8 Å². The molecule has 0 aliphatic rings. The Morgan fingerprint density at radius 2 is 1.53 bits per heavy atom. The molecule has 12 N–H and O–H groups in total. The number of benzene rings is 1. The standard InChI is InChI=1S/C15H23ClN4O3.C13H27N5O4/c1-20(19-14(21)8-13(18)5-6-17)9-15(22)23-10-11-3-2-4-12(16)7-11;1-3-4-10(15)13(22)16-9(5-6-14)7-11(19)17-18(2)8-12(20)21/h2-4,7,13H,5-6,8-10,17-18H2,1H3,(H,19,21);9-10H,3-8,14-15H2,1-2H3,(H,16,22)(H,17,19)(H,20,21)/t13-;9-,10-/m00/s1. The van der Waals surface area contributed by atoms with Gasteiger partial charge in [0.2, 0.25) is 17.7 Å². The molecule has 1 aromatic rings. The third-order valence-corrected chi connectivity index (χ3v) is 6.11. The average Bonchev–Trinajstić information content (AvgIpc) is 2.91. The second-order valence-electron chi connectivity index (χ2n) is 10.4. The first-order chi connectivity index (χ1) is 21.2. The van der Waals surface area contributed by atoms with Gasteiger partial charge in [-0.2, -0.15) is 0 Å². The minimum Gasteiger partial charge on any atom is -0.480 e. The van der Waals surface area contributed by atoms with Gasteiger partial charge < -0.3 is 38.1 Å². The van der Waals surface area contributed by atoms with E-state index in [0.717, 1.165) is 17.0 Å². The van der Waals surface area contributed by atoms with Gasteiger partial charge in [-0.3, -0.25) is 34.8 Å². The van der Waals surface area contributed by atoms with Gasteiger partial charge in [-0.1, -0.05) is 37.1 Å². The summed E-state index contributed by atoms with van der Waals surface area (Å²) in [7, 11) is 3.02. The van der Waals surface area contributed by atoms with Crippen molar-refractivity contribution in [3.8, 4) is 0 Å². The summed E-state index contributed by atoms with van der Waals surface area (Å²) in [6.07, 6.45) is 2.51. The summed E-state index contributed by atoms with van der Waals surface area (Å²) in [5.41, 5.74) is 28.1. The van der Waals surface area contributed by atoms with E-state index in [9.17, 15) is 24.0 Å². The van der Waals surface area contributed by atoms with Crippen molar-refractivity contribution in [1.82, 2.24) is 26.2 Å². The molecule has 0 fully saturated rings. The highest BCUT2D eigenvalue weighted by molar-refractivity contribution is 6.30. The van der Waals surface area contributed by atoms with Crippen LogP contribution in [-0.2, 0) is 35.3 Å². The van der Waals surface area contributed by atoms with Crippen LogP contribution >= 0.6 is 11.6 Å². The zero-order valence-corrected chi connectivity index (χ0v) is 27.1. The first-order valence-electron chi connectivity index (χ1n) is 14.5. The number of hydrogen-bond donors (Lipinski definition) is 8. The van der Waals surface area contributed by atoms with E-state index in [1.165, 1.54) is 12.1 Å². The summed E-state index contributed by atoms with van der Waals surface area (Å²) < 4.78 is 5.12. The average molecular weight is 660 g/mol. The third kappa shape index (κ3) is 21.9. The lowest BCUT2D eigenvalue weighted by atomic mass is 10.1. The number of aliphatic carboxylic acids is 1. The van der Waals surface area contributed by atoms with Crippen LogP contribution in [0.5, 0.6) is 0 Å². The number of hydrazine groups is 2. The van der Waals surface area contributed by atoms with Crippen molar-refractivity contribution in [2.45, 2.75) is 70.2 Å². The maximum atomic E-state index is 11.9. The Morgan fingerprint density at radius 3 is 2.09 bits per heavy atom. The van der Waals surface area contributed by atoms with E-state index >= 15 is 0 Å². The number of ether oxygens (including phenoxy) is 1. The number of carboxylic acid groups (broad SMARTS) is 1. The zero-order valence-electron chi connectivity index (χ0n) is 26.3. The minimum atomic E-state index is -1.06. The molecule has 1 rings (SSSR count). The van der Waals surface area contributed by atoms with Crippen molar-refractivity contribution in [3.05, 3.63) is 34.9 Å². The third-order valence-electron chi connectivity index (χ3n) is 5.87. The van der Waals surface area contributed by atoms with Crippen molar-refractivity contribution in [2.75, 3.05) is 40.3 Å². The molecule has 0 aromatic heterocycles. The highest BCUT2D eigenvalue weighted by Crippen LogP contribution is 2.11. The molecular weight excluding hydrogens is 610 g/mol. The number of likely N-dealkylation sites (N-methyl/N-ethyl adjacent to an activating group) is 2. The summed E-state index contributed by atoms with van der Waals surface area (Å²) in [4.78, 5) is 57.6. The second-order valence-corrected chi connectivity index (χ2v) is 10.8. The molecule has 0 spiro atoms. The number of carboxylic acids is 1. The summed E-state index contributed by atoms with van der Waals surface area (Å²) in [6.45, 7) is 2.41. The Bertz CT molecular complexity index is 1070. The summed E-state index contributed by atoms with van der Waals surface area (Å²) in [6, 6.07) is 5.72. The highest BCUT2D eigenvalue weighted by atomic mass is 35.5. The van der Waals surface area contributed by atoms with E-state index in [4.69, 9.17) is 44.4 Å². The van der Waals surface area contributed by atoms with Crippen molar-refractivity contribution in [2.24, 2.45) is 22.9 Å². The van der Waals surface area contributed by atoms with Gasteiger partial charge in [-0.05, 0) is 50.0 Å². The van der Waals surface area contributed by atoms with Gasteiger partial charge in [-0.25, -0.2) is 10.0 Å². The maximum Gasteiger partial charge on any atom is 0.322 e. The number of rotatable bonds is 20. The van der Waals surface area contributed by atoms with E-state index < -0.39 is 29.9 Å². The van der Waals surface area contributed by atoms with Crippen molar-refractivity contribution >= 4 is 41.3 Å². The fraction of sp³-hybridized carbons (Fsp3) is 0.607. The Morgan fingerprint density at radius 1 is 0.933 bits per heavy atom. The Hall–Kier alpha value is -3.38. The molecule has 16 nitrogen and oxygen atoms in total. The number of hydrogen-bond acceptors (Lipinski definition) is 12. The van der Waals surface area contributed by atoms with Gasteiger partial charge in [0.15, 0.2) is 0 Å². The highest BCUT2D eigenvalue weighted by Gasteiger charge is 2.20. The molecule has 0 heterocycles. The van der Waals surface area contributed by atoms with Crippen molar-refractivity contribution in [1.29, 1.82) is 0 Å². The normalized spacial score (nSPS) is 12.8. The number of nitrogens with zero attached hydrogens (tertiary/aromatic N) is 2. The van der Waals surface area contributed by atoms with E-state index in [1.807, 2.05) is 13.0 Å². The van der Waals surface area contributed by atoms with Gasteiger partial charge in [-0.15, -0.1) is 0 Å². The Kier molecular flexibility index (Phi) is 22.1. The molecule has 0 aliphatic carbocycles. The number of halogens is 1. The largest absolute Gasteiger partial charge is 0.480 e. The second kappa shape index (κ2) is 23.9. The van der Waals surface area contributed by atoms with Crippen LogP contribution in [0.1, 0.15) is 51.0 Å². The molecule has 17 heteroatoms. The molecule has 3 atom stereocenters. The topological polar surface area (TPSA) is 261 Å². The lowest BCUT2D eigenvalue weighted by Gasteiger charge is -2.22. The van der Waals surface area contributed by atoms with Gasteiger partial charge in [0, 0.05) is 44.0 Å². The van der Waals surface area contributed by atoms with E-state index in [2.05, 4.69) is 16.2 Å². The summed E-state index contributed by atoms with van der Waals surface area (Å²) >= 11 is 5.85. The number of esters is 1. The molecule has 0 unspecified atom stereocenters. The fourth-order valence-corrected chi connectivity index (χ4v) is 4.00. The van der Waals surface area contributed by atoms with Crippen LogP contribution in [0.4, 0.5) is 0 Å². The molecule has 0 saturated carbocycles. The molecule has 45 heavy (non-hydrogen) atoms. The summed E-state index contributed by atoms with van der Waals surface area (Å²) in [5, 5.41) is 14.4. The first-order valence-corrected chi connectivity index (χ1v) is 14.9. The lowest BCUT2D eigenvalue weighted by molar-refractivity contribution is -0.147. The molecule has 256 valence electrons. The number of nitrogens with one attached hydrogen (secondary N) is 3. The van der Waals surface area contributed by atoms with Crippen LogP contribution in [0.3, 0.4) is 0 Å². The van der Waals surface area contributed by atoms with Gasteiger partial charge >= 0.3 is 11.9 Å². The van der Waals surface area contributed by atoms with Crippen LogP contribution in [-0.4, -0.2) is 103 Å². The monoisotopic (exact) mass is 659 g/mol. The van der Waals surface area contributed by atoms with Gasteiger partial charge in [0.25, 0.3) is 0 Å². The molecule has 0 bridgehead atoms. The van der Waals surface area contributed by atoms with E-state index in [1.54, 1.807) is 25.2 Å². The predicted molar refractivity (Wildman–Crippen MR) is 170 cm³/mol. The SMILES string of the molecule is CCC[C@H](N)C(=O)N[C@@H](CCN)CC(=O)NN(C)CC(=O)O.CN(CC(=O)OCc1cccc(Cl)c1)NC(=O)C[C@@H](N)CCN. The van der Waals surface area contributed by atoms with E-state index in [0.29, 0.717) is 37.4 Å². The predicted octanol–water partition coefficient (Wildman–Crippen LogP) is -1.20. The number of carbonyl (C=O) groups is 5. The number of amides is 3. The molecule has 1 aromatic carbocycles.